The van der Waals surface area contributed by atoms with Crippen molar-refractivity contribution in [2.75, 3.05) is 0 Å². The van der Waals surface area contributed by atoms with Crippen molar-refractivity contribution in [1.82, 2.24) is 0 Å². The van der Waals surface area contributed by atoms with Crippen molar-refractivity contribution in [3.63, 3.8) is 0 Å². The van der Waals surface area contributed by atoms with Gasteiger partial charge in [0.1, 0.15) is 0 Å². The van der Waals surface area contributed by atoms with E-state index in [0.717, 1.165) is 31.2 Å². The van der Waals surface area contributed by atoms with Gasteiger partial charge in [-0.25, -0.2) is 0 Å². The number of alkyl halides is 1. The SMILES string of the molecule is Cc1cc(C(Cl)c2cccc(Br)c2Cl)c(C)cc1Br. The van der Waals surface area contributed by atoms with Gasteiger partial charge in [-0.1, -0.05) is 45.7 Å². The Kier molecular flexibility index (Phi) is 4.99. The lowest BCUT2D eigenvalue weighted by Gasteiger charge is -2.17. The third kappa shape index (κ3) is 3.18. The first-order valence-corrected chi connectivity index (χ1v) is 8.16. The molecule has 100 valence electrons. The summed E-state index contributed by atoms with van der Waals surface area (Å²) in [7, 11) is 0. The van der Waals surface area contributed by atoms with Gasteiger partial charge in [0.15, 0.2) is 0 Å². The molecule has 0 fully saturated rings. The summed E-state index contributed by atoms with van der Waals surface area (Å²) < 4.78 is 1.96. The van der Waals surface area contributed by atoms with Crippen molar-refractivity contribution >= 4 is 55.1 Å². The van der Waals surface area contributed by atoms with Gasteiger partial charge in [0, 0.05) is 8.95 Å². The number of aryl methyl sites for hydroxylation is 2. The normalized spacial score (nSPS) is 12.5. The largest absolute Gasteiger partial charge is 0.113 e. The minimum Gasteiger partial charge on any atom is -0.113 e. The zero-order valence-corrected chi connectivity index (χ0v) is 15.2. The lowest BCUT2D eigenvalue weighted by atomic mass is 9.98. The highest BCUT2D eigenvalue weighted by molar-refractivity contribution is 9.10. The molecule has 0 radical (unpaired) electrons. The van der Waals surface area contributed by atoms with Crippen molar-refractivity contribution in [3.8, 4) is 0 Å². The molecule has 4 heteroatoms. The Morgan fingerprint density at radius 1 is 0.947 bits per heavy atom. The molecule has 1 atom stereocenters. The van der Waals surface area contributed by atoms with Crippen LogP contribution >= 0.6 is 55.1 Å². The molecular formula is C15H12Br2Cl2. The molecular weight excluding hydrogens is 411 g/mol. The summed E-state index contributed by atoms with van der Waals surface area (Å²) in [5.41, 5.74) is 4.32. The summed E-state index contributed by atoms with van der Waals surface area (Å²) >= 11 is 19.9. The second-order valence-corrected chi connectivity index (χ2v) is 6.99. The summed E-state index contributed by atoms with van der Waals surface area (Å²) in [5, 5.41) is 0.416. The lowest BCUT2D eigenvalue weighted by Crippen LogP contribution is -1.99. The predicted molar refractivity (Wildman–Crippen MR) is 90.5 cm³/mol. The number of hydrogen-bond acceptors (Lipinski definition) is 0. The van der Waals surface area contributed by atoms with Crippen LogP contribution in [0.1, 0.15) is 27.6 Å². The van der Waals surface area contributed by atoms with Crippen LogP contribution in [-0.4, -0.2) is 0 Å². The average Bonchev–Trinajstić information content (AvgIpc) is 2.36. The van der Waals surface area contributed by atoms with Crippen LogP contribution in [0.15, 0.2) is 39.3 Å². The summed E-state index contributed by atoms with van der Waals surface area (Å²) in [6.07, 6.45) is 0. The third-order valence-corrected chi connectivity index (χ3v) is 5.71. The molecule has 0 saturated heterocycles. The second kappa shape index (κ2) is 6.17. The van der Waals surface area contributed by atoms with Crippen molar-refractivity contribution in [3.05, 3.63) is 66.6 Å². The summed E-state index contributed by atoms with van der Waals surface area (Å²) in [4.78, 5) is 0. The molecule has 2 aromatic rings. The van der Waals surface area contributed by atoms with Crippen molar-refractivity contribution in [2.24, 2.45) is 0 Å². The van der Waals surface area contributed by atoms with Crippen LogP contribution in [0.5, 0.6) is 0 Å². The molecule has 2 rings (SSSR count). The van der Waals surface area contributed by atoms with E-state index in [1.807, 2.05) is 18.2 Å². The Morgan fingerprint density at radius 3 is 2.32 bits per heavy atom. The van der Waals surface area contributed by atoms with E-state index < -0.39 is 0 Å². The van der Waals surface area contributed by atoms with Gasteiger partial charge in [0.25, 0.3) is 0 Å². The van der Waals surface area contributed by atoms with E-state index in [-0.39, 0.29) is 5.38 Å². The van der Waals surface area contributed by atoms with E-state index >= 15 is 0 Å². The smallest absolute Gasteiger partial charge is 0.0852 e. The summed E-state index contributed by atoms with van der Waals surface area (Å²) in [6.45, 7) is 4.11. The second-order valence-electron chi connectivity index (χ2n) is 4.46. The quantitative estimate of drug-likeness (QED) is 0.466. The number of benzene rings is 2. The third-order valence-electron chi connectivity index (χ3n) is 3.07. The molecule has 2 aromatic carbocycles. The van der Waals surface area contributed by atoms with Gasteiger partial charge in [-0.15, -0.1) is 11.6 Å². The molecule has 0 aliphatic rings. The molecule has 0 spiro atoms. The lowest BCUT2D eigenvalue weighted by molar-refractivity contribution is 1.10. The Bertz CT molecular complexity index is 624. The van der Waals surface area contributed by atoms with Gasteiger partial charge in [0.05, 0.1) is 10.4 Å². The van der Waals surface area contributed by atoms with Crippen LogP contribution in [-0.2, 0) is 0 Å². The van der Waals surface area contributed by atoms with Crippen molar-refractivity contribution in [1.29, 1.82) is 0 Å². The minimum atomic E-state index is -0.253. The topological polar surface area (TPSA) is 0 Å². The van der Waals surface area contributed by atoms with Crippen LogP contribution < -0.4 is 0 Å². The molecule has 0 aliphatic carbocycles. The van der Waals surface area contributed by atoms with Crippen LogP contribution in [0.3, 0.4) is 0 Å². The van der Waals surface area contributed by atoms with E-state index in [2.05, 4.69) is 57.8 Å². The van der Waals surface area contributed by atoms with Gasteiger partial charge in [-0.05, 0) is 64.2 Å². The fraction of sp³-hybridized carbons (Fsp3) is 0.200. The van der Waals surface area contributed by atoms with Gasteiger partial charge >= 0.3 is 0 Å². The van der Waals surface area contributed by atoms with E-state index in [1.165, 1.54) is 0 Å². The summed E-state index contributed by atoms with van der Waals surface area (Å²) in [5.74, 6) is 0. The number of rotatable bonds is 2. The Labute approximate surface area is 140 Å². The van der Waals surface area contributed by atoms with Crippen LogP contribution in [0.4, 0.5) is 0 Å². The van der Waals surface area contributed by atoms with Crippen molar-refractivity contribution in [2.45, 2.75) is 19.2 Å². The van der Waals surface area contributed by atoms with Crippen molar-refractivity contribution < 1.29 is 0 Å². The number of hydrogen-bond donors (Lipinski definition) is 0. The molecule has 0 amide bonds. The van der Waals surface area contributed by atoms with Gasteiger partial charge < -0.3 is 0 Å². The minimum absolute atomic E-state index is 0.253. The Hall–Kier alpha value is -0.0200. The van der Waals surface area contributed by atoms with Gasteiger partial charge in [0.2, 0.25) is 0 Å². The van der Waals surface area contributed by atoms with E-state index in [9.17, 15) is 0 Å². The Balaban J connectivity index is 2.53. The van der Waals surface area contributed by atoms with Gasteiger partial charge in [-0.3, -0.25) is 0 Å². The standard InChI is InChI=1S/C15H12Br2Cl2/c1-8-7-13(17)9(2)6-11(8)14(18)10-4-3-5-12(16)15(10)19/h3-7,14H,1-2H3. The molecule has 0 bridgehead atoms. The Morgan fingerprint density at radius 2 is 1.63 bits per heavy atom. The molecule has 1 unspecified atom stereocenters. The maximum Gasteiger partial charge on any atom is 0.0852 e. The van der Waals surface area contributed by atoms with E-state index in [1.54, 1.807) is 0 Å². The zero-order valence-electron chi connectivity index (χ0n) is 10.5. The first-order chi connectivity index (χ1) is 8.91. The fourth-order valence-corrected chi connectivity index (χ4v) is 3.51. The molecule has 0 aromatic heterocycles. The highest BCUT2D eigenvalue weighted by Gasteiger charge is 2.18. The van der Waals surface area contributed by atoms with E-state index in [0.29, 0.717) is 5.02 Å². The molecule has 0 saturated carbocycles. The molecule has 0 heterocycles. The maximum atomic E-state index is 6.62. The predicted octanol–water partition coefficient (Wildman–Crippen LogP) is 6.81. The highest BCUT2D eigenvalue weighted by Crippen LogP contribution is 2.39. The maximum absolute atomic E-state index is 6.62. The first kappa shape index (κ1) is 15.4. The number of halogens is 4. The van der Waals surface area contributed by atoms with Gasteiger partial charge in [-0.2, -0.15) is 0 Å². The van der Waals surface area contributed by atoms with Crippen LogP contribution in [0.2, 0.25) is 5.02 Å². The molecule has 0 nitrogen and oxygen atoms in total. The average molecular weight is 423 g/mol. The van der Waals surface area contributed by atoms with Crippen LogP contribution in [0.25, 0.3) is 0 Å². The zero-order chi connectivity index (χ0) is 14.2. The molecule has 0 N–H and O–H groups in total. The molecule has 19 heavy (non-hydrogen) atoms. The fourth-order valence-electron chi connectivity index (χ4n) is 1.96. The monoisotopic (exact) mass is 420 g/mol. The first-order valence-electron chi connectivity index (χ1n) is 5.76. The van der Waals surface area contributed by atoms with Crippen LogP contribution in [0, 0.1) is 13.8 Å². The molecule has 0 aliphatic heterocycles. The van der Waals surface area contributed by atoms with E-state index in [4.69, 9.17) is 23.2 Å². The summed E-state index contributed by atoms with van der Waals surface area (Å²) in [6, 6.07) is 10.0. The highest BCUT2D eigenvalue weighted by atomic mass is 79.9.